The highest BCUT2D eigenvalue weighted by atomic mass is 16.2. The number of likely N-dealkylation sites (tertiary alicyclic amines) is 1. The van der Waals surface area contributed by atoms with E-state index in [9.17, 15) is 9.59 Å². The van der Waals surface area contributed by atoms with Crippen LogP contribution in [0.15, 0.2) is 48.7 Å². The number of hydrogen-bond donors (Lipinski definition) is 2. The SMILES string of the molecule is CNC(=O)c1cccnc1NC1CC(=O)N(Cc2ccccc2)C1. The Morgan fingerprint density at radius 1 is 1.25 bits per heavy atom. The molecule has 0 aliphatic carbocycles. The molecule has 0 spiro atoms. The van der Waals surface area contributed by atoms with E-state index in [-0.39, 0.29) is 17.9 Å². The molecule has 1 aliphatic heterocycles. The van der Waals surface area contributed by atoms with Gasteiger partial charge >= 0.3 is 0 Å². The molecule has 24 heavy (non-hydrogen) atoms. The van der Waals surface area contributed by atoms with Gasteiger partial charge in [-0.2, -0.15) is 0 Å². The number of anilines is 1. The first kappa shape index (κ1) is 16.0. The van der Waals surface area contributed by atoms with E-state index >= 15 is 0 Å². The molecule has 0 saturated carbocycles. The maximum atomic E-state index is 12.2. The van der Waals surface area contributed by atoms with Gasteiger partial charge in [-0.3, -0.25) is 9.59 Å². The maximum absolute atomic E-state index is 12.2. The molecule has 1 fully saturated rings. The smallest absolute Gasteiger partial charge is 0.254 e. The zero-order valence-electron chi connectivity index (χ0n) is 13.5. The average molecular weight is 324 g/mol. The summed E-state index contributed by atoms with van der Waals surface area (Å²) in [5.41, 5.74) is 1.59. The monoisotopic (exact) mass is 324 g/mol. The molecule has 0 radical (unpaired) electrons. The number of amides is 2. The second-order valence-corrected chi connectivity index (χ2v) is 5.78. The predicted octanol–water partition coefficient (Wildman–Crippen LogP) is 1.65. The molecule has 1 aliphatic rings. The fourth-order valence-corrected chi connectivity index (χ4v) is 2.86. The van der Waals surface area contributed by atoms with Crippen molar-refractivity contribution < 1.29 is 9.59 Å². The minimum Gasteiger partial charge on any atom is -0.364 e. The Hall–Kier alpha value is -2.89. The van der Waals surface area contributed by atoms with Crippen molar-refractivity contribution in [2.75, 3.05) is 18.9 Å². The predicted molar refractivity (Wildman–Crippen MR) is 91.5 cm³/mol. The highest BCUT2D eigenvalue weighted by Crippen LogP contribution is 2.20. The summed E-state index contributed by atoms with van der Waals surface area (Å²) in [6.45, 7) is 1.19. The molecule has 124 valence electrons. The summed E-state index contributed by atoms with van der Waals surface area (Å²) < 4.78 is 0. The molecular weight excluding hydrogens is 304 g/mol. The van der Waals surface area contributed by atoms with Crippen molar-refractivity contribution in [3.8, 4) is 0 Å². The average Bonchev–Trinajstić information content (AvgIpc) is 2.95. The lowest BCUT2D eigenvalue weighted by Gasteiger charge is -2.18. The zero-order valence-corrected chi connectivity index (χ0v) is 13.5. The van der Waals surface area contributed by atoms with Gasteiger partial charge in [0, 0.05) is 32.8 Å². The number of benzene rings is 1. The molecular formula is C18H20N4O2. The maximum Gasteiger partial charge on any atom is 0.254 e. The molecule has 2 aromatic rings. The second kappa shape index (κ2) is 7.12. The van der Waals surface area contributed by atoms with Crippen molar-refractivity contribution in [3.05, 3.63) is 59.8 Å². The van der Waals surface area contributed by atoms with E-state index in [2.05, 4.69) is 15.6 Å². The van der Waals surface area contributed by atoms with E-state index in [1.807, 2.05) is 35.2 Å². The van der Waals surface area contributed by atoms with Crippen LogP contribution in [0.5, 0.6) is 0 Å². The summed E-state index contributed by atoms with van der Waals surface area (Å²) in [5, 5.41) is 5.84. The van der Waals surface area contributed by atoms with Crippen LogP contribution >= 0.6 is 0 Å². The summed E-state index contributed by atoms with van der Waals surface area (Å²) in [5.74, 6) is 0.418. The standard InChI is InChI=1S/C18H20N4O2/c1-19-18(24)15-8-5-9-20-17(15)21-14-10-16(23)22(12-14)11-13-6-3-2-4-7-13/h2-9,14H,10-12H2,1H3,(H,19,24)(H,20,21). The van der Waals surface area contributed by atoms with Crippen molar-refractivity contribution >= 4 is 17.6 Å². The van der Waals surface area contributed by atoms with Crippen molar-refractivity contribution in [2.24, 2.45) is 0 Å². The topological polar surface area (TPSA) is 74.3 Å². The molecule has 1 unspecified atom stereocenters. The summed E-state index contributed by atoms with van der Waals surface area (Å²) in [6, 6.07) is 13.3. The molecule has 1 atom stereocenters. The first-order valence-corrected chi connectivity index (χ1v) is 7.92. The number of carbonyl (C=O) groups excluding carboxylic acids is 2. The quantitative estimate of drug-likeness (QED) is 0.877. The van der Waals surface area contributed by atoms with E-state index < -0.39 is 0 Å². The van der Waals surface area contributed by atoms with Crippen LogP contribution in [0.25, 0.3) is 0 Å². The highest BCUT2D eigenvalue weighted by Gasteiger charge is 2.30. The van der Waals surface area contributed by atoms with Gasteiger partial charge in [-0.25, -0.2) is 4.98 Å². The normalized spacial score (nSPS) is 17.0. The number of pyridine rings is 1. The number of hydrogen-bond acceptors (Lipinski definition) is 4. The van der Waals surface area contributed by atoms with Crippen LogP contribution in [-0.2, 0) is 11.3 Å². The molecule has 6 heteroatoms. The van der Waals surface area contributed by atoms with E-state index in [0.29, 0.717) is 30.9 Å². The van der Waals surface area contributed by atoms with Crippen LogP contribution in [0.2, 0.25) is 0 Å². The molecule has 1 saturated heterocycles. The van der Waals surface area contributed by atoms with Crippen molar-refractivity contribution in [3.63, 3.8) is 0 Å². The summed E-state index contributed by atoms with van der Waals surface area (Å²) >= 11 is 0. The lowest BCUT2D eigenvalue weighted by molar-refractivity contribution is -0.128. The number of nitrogens with zero attached hydrogens (tertiary/aromatic N) is 2. The van der Waals surface area contributed by atoms with Crippen LogP contribution in [-0.4, -0.2) is 41.3 Å². The minimum atomic E-state index is -0.198. The van der Waals surface area contributed by atoms with Crippen LogP contribution in [0, 0.1) is 0 Å². The Morgan fingerprint density at radius 2 is 2.04 bits per heavy atom. The van der Waals surface area contributed by atoms with Crippen molar-refractivity contribution in [1.82, 2.24) is 15.2 Å². The summed E-state index contributed by atoms with van der Waals surface area (Å²) in [6.07, 6.45) is 2.03. The van der Waals surface area contributed by atoms with Crippen molar-refractivity contribution in [1.29, 1.82) is 0 Å². The molecule has 3 rings (SSSR count). The number of aromatic nitrogens is 1. The largest absolute Gasteiger partial charge is 0.364 e. The second-order valence-electron chi connectivity index (χ2n) is 5.78. The van der Waals surface area contributed by atoms with Gasteiger partial charge in [0.15, 0.2) is 0 Å². The molecule has 2 heterocycles. The summed E-state index contributed by atoms with van der Waals surface area (Å²) in [7, 11) is 1.58. The summed E-state index contributed by atoms with van der Waals surface area (Å²) in [4.78, 5) is 30.2. The Balaban J connectivity index is 1.68. The third-order valence-electron chi connectivity index (χ3n) is 4.05. The first-order chi connectivity index (χ1) is 11.7. The molecule has 1 aromatic heterocycles. The Kier molecular flexibility index (Phi) is 4.74. The van der Waals surface area contributed by atoms with E-state index in [1.54, 1.807) is 25.4 Å². The van der Waals surface area contributed by atoms with Crippen LogP contribution in [0.1, 0.15) is 22.3 Å². The number of rotatable bonds is 5. The van der Waals surface area contributed by atoms with E-state index in [4.69, 9.17) is 0 Å². The Labute approximate surface area is 140 Å². The van der Waals surface area contributed by atoms with Gasteiger partial charge in [0.2, 0.25) is 5.91 Å². The van der Waals surface area contributed by atoms with Crippen LogP contribution in [0.3, 0.4) is 0 Å². The third-order valence-corrected chi connectivity index (χ3v) is 4.05. The van der Waals surface area contributed by atoms with Gasteiger partial charge in [-0.1, -0.05) is 30.3 Å². The number of nitrogens with one attached hydrogen (secondary N) is 2. The molecule has 1 aromatic carbocycles. The lowest BCUT2D eigenvalue weighted by Crippen LogP contribution is -2.29. The fourth-order valence-electron chi connectivity index (χ4n) is 2.86. The lowest BCUT2D eigenvalue weighted by atomic mass is 10.2. The minimum absolute atomic E-state index is 0.0560. The number of carbonyl (C=O) groups is 2. The van der Waals surface area contributed by atoms with Crippen LogP contribution in [0.4, 0.5) is 5.82 Å². The van der Waals surface area contributed by atoms with Gasteiger partial charge < -0.3 is 15.5 Å². The Bertz CT molecular complexity index is 733. The van der Waals surface area contributed by atoms with Gasteiger partial charge in [0.1, 0.15) is 5.82 Å². The van der Waals surface area contributed by atoms with Gasteiger partial charge in [0.05, 0.1) is 11.6 Å². The fraction of sp³-hybridized carbons (Fsp3) is 0.278. The van der Waals surface area contributed by atoms with E-state index in [0.717, 1.165) is 5.56 Å². The van der Waals surface area contributed by atoms with Crippen molar-refractivity contribution in [2.45, 2.75) is 19.0 Å². The van der Waals surface area contributed by atoms with Gasteiger partial charge in [-0.15, -0.1) is 0 Å². The molecule has 2 amide bonds. The van der Waals surface area contributed by atoms with Gasteiger partial charge in [0.25, 0.3) is 5.91 Å². The zero-order chi connectivity index (χ0) is 16.9. The van der Waals surface area contributed by atoms with E-state index in [1.165, 1.54) is 0 Å². The van der Waals surface area contributed by atoms with Gasteiger partial charge in [-0.05, 0) is 17.7 Å². The molecule has 0 bridgehead atoms. The third kappa shape index (κ3) is 3.53. The Morgan fingerprint density at radius 3 is 2.79 bits per heavy atom. The van der Waals surface area contributed by atoms with Crippen LogP contribution < -0.4 is 10.6 Å². The molecule has 6 nitrogen and oxygen atoms in total. The first-order valence-electron chi connectivity index (χ1n) is 7.92. The highest BCUT2D eigenvalue weighted by molar-refractivity contribution is 5.98. The molecule has 2 N–H and O–H groups in total.